The SMILES string of the molecule is CCCCOc1ccc(C(C)(C)C)cc1S(=O)(=O)C(=[N+]=[N-])S(=O)(=O)C(C)(C)C. The number of nitrogens with zero attached hydrogens (tertiary/aromatic N) is 2. The van der Waals surface area contributed by atoms with Crippen molar-refractivity contribution in [1.29, 1.82) is 0 Å². The van der Waals surface area contributed by atoms with Crippen LogP contribution >= 0.6 is 0 Å². The highest BCUT2D eigenvalue weighted by Crippen LogP contribution is 2.34. The summed E-state index contributed by atoms with van der Waals surface area (Å²) in [4.78, 5) is 2.37. The van der Waals surface area contributed by atoms with Crippen LogP contribution in [0.2, 0.25) is 0 Å². The van der Waals surface area contributed by atoms with Gasteiger partial charge in [0.05, 0.1) is 11.4 Å². The topological polar surface area (TPSA) is 114 Å². The van der Waals surface area contributed by atoms with Crippen molar-refractivity contribution in [1.82, 2.24) is 0 Å². The molecule has 0 saturated heterocycles. The van der Waals surface area contributed by atoms with Gasteiger partial charge in [-0.15, -0.1) is 4.79 Å². The van der Waals surface area contributed by atoms with Crippen LogP contribution in [0.5, 0.6) is 5.75 Å². The van der Waals surface area contributed by atoms with Gasteiger partial charge in [-0.2, -0.15) is 0 Å². The van der Waals surface area contributed by atoms with Gasteiger partial charge in [-0.3, -0.25) is 0 Å². The fourth-order valence-electron chi connectivity index (χ4n) is 2.24. The smallest absolute Gasteiger partial charge is 0.492 e. The highest BCUT2D eigenvalue weighted by Gasteiger charge is 2.50. The second-order valence-corrected chi connectivity index (χ2v) is 13.3. The molecule has 158 valence electrons. The predicted octanol–water partition coefficient (Wildman–Crippen LogP) is 3.74. The summed E-state index contributed by atoms with van der Waals surface area (Å²) in [6.45, 7) is 12.0. The van der Waals surface area contributed by atoms with Crippen LogP contribution in [0.4, 0.5) is 0 Å². The van der Waals surface area contributed by atoms with Crippen LogP contribution in [-0.4, -0.2) is 37.4 Å². The van der Waals surface area contributed by atoms with E-state index in [0.717, 1.165) is 6.42 Å². The van der Waals surface area contributed by atoms with Crippen LogP contribution in [-0.2, 0) is 25.1 Å². The molecule has 0 aliphatic rings. The lowest BCUT2D eigenvalue weighted by molar-refractivity contribution is 0.00365. The van der Waals surface area contributed by atoms with E-state index in [0.29, 0.717) is 12.0 Å². The summed E-state index contributed by atoms with van der Waals surface area (Å²) in [5.41, 5.74) is 9.64. The van der Waals surface area contributed by atoms with Gasteiger partial charge < -0.3 is 10.3 Å². The molecule has 1 rings (SSSR count). The monoisotopic (exact) mass is 430 g/mol. The van der Waals surface area contributed by atoms with Crippen molar-refractivity contribution in [2.45, 2.75) is 76.4 Å². The molecule has 0 saturated carbocycles. The number of rotatable bonds is 5. The van der Waals surface area contributed by atoms with Crippen LogP contribution in [0, 0.1) is 0 Å². The van der Waals surface area contributed by atoms with E-state index in [9.17, 15) is 22.4 Å². The molecule has 0 aromatic heterocycles. The molecule has 0 N–H and O–H groups in total. The lowest BCUT2D eigenvalue weighted by atomic mass is 9.87. The Morgan fingerprint density at radius 2 is 1.64 bits per heavy atom. The molecule has 0 fully saturated rings. The zero-order valence-corrected chi connectivity index (χ0v) is 19.2. The van der Waals surface area contributed by atoms with Crippen molar-refractivity contribution in [3.8, 4) is 5.75 Å². The maximum atomic E-state index is 13.2. The average Bonchev–Trinajstić information content (AvgIpc) is 2.53. The highest BCUT2D eigenvalue weighted by molar-refractivity contribution is 8.31. The largest absolute Gasteiger partial charge is 0.500 e. The van der Waals surface area contributed by atoms with E-state index in [1.54, 1.807) is 6.07 Å². The first-order chi connectivity index (χ1) is 12.6. The molecular formula is C19H30N2O5S2. The molecule has 7 nitrogen and oxygen atoms in total. The minimum atomic E-state index is -4.66. The van der Waals surface area contributed by atoms with Gasteiger partial charge in [-0.25, -0.2) is 16.8 Å². The molecule has 0 radical (unpaired) electrons. The summed E-state index contributed by atoms with van der Waals surface area (Å²) in [7, 11) is -9.08. The second-order valence-electron chi connectivity index (χ2n) is 8.60. The first-order valence-electron chi connectivity index (χ1n) is 9.09. The number of unbranched alkanes of at least 4 members (excludes halogenated alkanes) is 1. The Kier molecular flexibility index (Phi) is 7.26. The first kappa shape index (κ1) is 24.3. The van der Waals surface area contributed by atoms with Gasteiger partial charge in [0.25, 0.3) is 19.7 Å². The number of hydrogen-bond donors (Lipinski definition) is 0. The molecule has 0 aliphatic heterocycles. The van der Waals surface area contributed by atoms with E-state index in [2.05, 4.69) is 4.79 Å². The molecule has 1 aromatic rings. The molecule has 0 bridgehead atoms. The number of hydrogen-bond acceptors (Lipinski definition) is 5. The quantitative estimate of drug-likeness (QED) is 0.232. The third-order valence-electron chi connectivity index (χ3n) is 4.20. The molecule has 0 aliphatic carbocycles. The lowest BCUT2D eigenvalue weighted by Gasteiger charge is -2.21. The first-order valence-corrected chi connectivity index (χ1v) is 12.1. The van der Waals surface area contributed by atoms with E-state index in [1.807, 2.05) is 27.7 Å². The maximum Gasteiger partial charge on any atom is 0.500 e. The Bertz CT molecular complexity index is 976. The molecule has 1 aromatic carbocycles. The Balaban J connectivity index is 3.75. The van der Waals surface area contributed by atoms with Crippen molar-refractivity contribution < 1.29 is 26.4 Å². The molecule has 9 heteroatoms. The second kappa shape index (κ2) is 8.35. The zero-order chi connectivity index (χ0) is 22.0. The van der Waals surface area contributed by atoms with Gasteiger partial charge in [-0.1, -0.05) is 40.2 Å². The molecular weight excluding hydrogens is 400 g/mol. The molecule has 0 unspecified atom stereocenters. The number of benzene rings is 1. The van der Waals surface area contributed by atoms with Crippen molar-refractivity contribution in [2.24, 2.45) is 0 Å². The summed E-state index contributed by atoms with van der Waals surface area (Å²) in [6.07, 6.45) is 1.56. The number of ether oxygens (including phenoxy) is 1. The molecule has 0 atom stereocenters. The van der Waals surface area contributed by atoms with E-state index < -0.39 is 28.8 Å². The average molecular weight is 431 g/mol. The van der Waals surface area contributed by atoms with Crippen LogP contribution in [0.15, 0.2) is 23.1 Å². The summed E-state index contributed by atoms with van der Waals surface area (Å²) in [6, 6.07) is 4.65. The molecule has 0 spiro atoms. The van der Waals surface area contributed by atoms with Crippen LogP contribution in [0.3, 0.4) is 0 Å². The minimum Gasteiger partial charge on any atom is -0.492 e. The molecule has 28 heavy (non-hydrogen) atoms. The Labute approximate surface area is 168 Å². The third kappa shape index (κ3) is 5.01. The van der Waals surface area contributed by atoms with Gasteiger partial charge in [0.1, 0.15) is 10.6 Å². The van der Waals surface area contributed by atoms with E-state index in [-0.39, 0.29) is 22.7 Å². The van der Waals surface area contributed by atoms with Gasteiger partial charge in [0.15, 0.2) is 0 Å². The zero-order valence-electron chi connectivity index (χ0n) is 17.6. The predicted molar refractivity (Wildman–Crippen MR) is 110 cm³/mol. The van der Waals surface area contributed by atoms with E-state index >= 15 is 0 Å². The highest BCUT2D eigenvalue weighted by atomic mass is 32.3. The Morgan fingerprint density at radius 3 is 2.07 bits per heavy atom. The van der Waals surface area contributed by atoms with Gasteiger partial charge in [0, 0.05) is 0 Å². The summed E-state index contributed by atoms with van der Waals surface area (Å²) < 4.78 is 54.8. The normalized spacial score (nSPS) is 13.1. The maximum absolute atomic E-state index is 13.2. The third-order valence-corrected chi connectivity index (χ3v) is 9.11. The van der Waals surface area contributed by atoms with Crippen molar-refractivity contribution in [3.63, 3.8) is 0 Å². The summed E-state index contributed by atoms with van der Waals surface area (Å²) in [5.74, 6) is 0.0340. The fraction of sp³-hybridized carbons (Fsp3) is 0.632. The van der Waals surface area contributed by atoms with Crippen molar-refractivity contribution >= 4 is 24.1 Å². The van der Waals surface area contributed by atoms with Crippen LogP contribution in [0.25, 0.3) is 5.53 Å². The van der Waals surface area contributed by atoms with E-state index in [1.165, 1.54) is 32.9 Å². The molecule has 0 amide bonds. The standard InChI is InChI=1S/C19H30N2O5S2/c1-8-9-12-26-15-11-10-14(18(2,3)4)13-16(15)27(22,23)17(21-20)28(24,25)19(5,6)7/h10-11,13H,8-9,12H2,1-7H3. The Hall–Kier alpha value is -1.70. The van der Waals surface area contributed by atoms with Crippen molar-refractivity contribution in [3.05, 3.63) is 29.3 Å². The molecule has 0 heterocycles. The fourth-order valence-corrected chi connectivity index (χ4v) is 6.01. The Morgan fingerprint density at radius 1 is 1.07 bits per heavy atom. The minimum absolute atomic E-state index is 0.0340. The van der Waals surface area contributed by atoms with Gasteiger partial charge in [-0.05, 0) is 50.3 Å². The van der Waals surface area contributed by atoms with Gasteiger partial charge in [0.2, 0.25) is 0 Å². The summed E-state index contributed by atoms with van der Waals surface area (Å²) >= 11 is 0. The van der Waals surface area contributed by atoms with E-state index in [4.69, 9.17) is 4.74 Å². The van der Waals surface area contributed by atoms with Crippen LogP contribution in [0.1, 0.15) is 66.9 Å². The lowest BCUT2D eigenvalue weighted by Crippen LogP contribution is -2.39. The van der Waals surface area contributed by atoms with Gasteiger partial charge >= 0.3 is 4.38 Å². The number of sulfone groups is 2. The van der Waals surface area contributed by atoms with Crippen LogP contribution < -0.4 is 4.74 Å². The van der Waals surface area contributed by atoms with Crippen molar-refractivity contribution in [2.75, 3.05) is 6.61 Å². The summed E-state index contributed by atoms with van der Waals surface area (Å²) in [5, 5.41) is 0.